The van der Waals surface area contributed by atoms with Gasteiger partial charge in [-0.2, -0.15) is 0 Å². The summed E-state index contributed by atoms with van der Waals surface area (Å²) in [6.07, 6.45) is 0. The Morgan fingerprint density at radius 3 is 2.32 bits per heavy atom. The molecule has 2 amide bonds. The third-order valence-electron chi connectivity index (χ3n) is 4.16. The quantitative estimate of drug-likeness (QED) is 0.515. The standard InChI is InChI=1S/C22H15FN2O3/c23-18-9-5-4-8-16(18)21-13-19(26)17-12-15(10-11-20(17)28-21)25-22(27)24-14-6-2-1-3-7-14/h1-13H,(H2,24,25,27). The zero-order chi connectivity index (χ0) is 19.5. The van der Waals surface area contributed by atoms with E-state index in [1.807, 2.05) is 18.2 Å². The lowest BCUT2D eigenvalue weighted by Crippen LogP contribution is -2.19. The molecule has 0 aliphatic carbocycles. The molecule has 0 fully saturated rings. The van der Waals surface area contributed by atoms with Gasteiger partial charge in [-0.3, -0.25) is 4.79 Å². The lowest BCUT2D eigenvalue weighted by atomic mass is 10.1. The van der Waals surface area contributed by atoms with Gasteiger partial charge in [0.15, 0.2) is 5.43 Å². The summed E-state index contributed by atoms with van der Waals surface area (Å²) in [5.41, 5.74) is 1.28. The van der Waals surface area contributed by atoms with Gasteiger partial charge in [-0.1, -0.05) is 30.3 Å². The molecule has 0 spiro atoms. The second-order valence-electron chi connectivity index (χ2n) is 6.11. The normalized spacial score (nSPS) is 10.6. The van der Waals surface area contributed by atoms with Crippen LogP contribution in [0.4, 0.5) is 20.6 Å². The molecule has 0 radical (unpaired) electrons. The van der Waals surface area contributed by atoms with Crippen LogP contribution in [0.3, 0.4) is 0 Å². The Morgan fingerprint density at radius 2 is 1.54 bits per heavy atom. The van der Waals surface area contributed by atoms with E-state index in [0.29, 0.717) is 17.0 Å². The molecule has 1 aromatic heterocycles. The maximum Gasteiger partial charge on any atom is 0.323 e. The first-order chi connectivity index (χ1) is 13.6. The monoisotopic (exact) mass is 374 g/mol. The Hall–Kier alpha value is -3.93. The molecule has 1 heterocycles. The van der Waals surface area contributed by atoms with Crippen LogP contribution in [0.1, 0.15) is 0 Å². The number of nitrogens with one attached hydrogen (secondary N) is 2. The largest absolute Gasteiger partial charge is 0.456 e. The molecule has 6 heteroatoms. The van der Waals surface area contributed by atoms with Gasteiger partial charge in [0.25, 0.3) is 0 Å². The Labute approximate surface area is 159 Å². The highest BCUT2D eigenvalue weighted by atomic mass is 19.1. The SMILES string of the molecule is O=C(Nc1ccccc1)Nc1ccc2oc(-c3ccccc3F)cc(=O)c2c1. The summed E-state index contributed by atoms with van der Waals surface area (Å²) in [6, 6.07) is 20.6. The van der Waals surface area contributed by atoms with Crippen molar-refractivity contribution in [1.29, 1.82) is 0 Å². The highest BCUT2D eigenvalue weighted by molar-refractivity contribution is 6.00. The number of hydrogen-bond acceptors (Lipinski definition) is 3. The van der Waals surface area contributed by atoms with Gasteiger partial charge in [-0.05, 0) is 42.5 Å². The number of anilines is 2. The van der Waals surface area contributed by atoms with E-state index in [1.165, 1.54) is 18.2 Å². The maximum absolute atomic E-state index is 14.0. The van der Waals surface area contributed by atoms with Crippen molar-refractivity contribution >= 4 is 28.4 Å². The van der Waals surface area contributed by atoms with E-state index in [-0.39, 0.29) is 22.1 Å². The molecule has 4 rings (SSSR count). The Kier molecular flexibility index (Phi) is 4.60. The van der Waals surface area contributed by atoms with Crippen molar-refractivity contribution in [3.05, 3.63) is 94.9 Å². The molecule has 0 bridgehead atoms. The molecule has 0 aliphatic rings. The highest BCUT2D eigenvalue weighted by Crippen LogP contribution is 2.25. The van der Waals surface area contributed by atoms with Crippen LogP contribution in [-0.2, 0) is 0 Å². The number of hydrogen-bond donors (Lipinski definition) is 2. The Bertz CT molecular complexity index is 1220. The number of amides is 2. The highest BCUT2D eigenvalue weighted by Gasteiger charge is 2.12. The third kappa shape index (κ3) is 3.61. The van der Waals surface area contributed by atoms with Gasteiger partial charge in [0.05, 0.1) is 10.9 Å². The lowest BCUT2D eigenvalue weighted by molar-refractivity contribution is 0.262. The van der Waals surface area contributed by atoms with Gasteiger partial charge in [0, 0.05) is 17.4 Å². The van der Waals surface area contributed by atoms with Crippen LogP contribution in [0.5, 0.6) is 0 Å². The summed E-state index contributed by atoms with van der Waals surface area (Å²) in [7, 11) is 0. The third-order valence-corrected chi connectivity index (χ3v) is 4.16. The van der Waals surface area contributed by atoms with Crippen molar-refractivity contribution in [1.82, 2.24) is 0 Å². The summed E-state index contributed by atoms with van der Waals surface area (Å²) in [4.78, 5) is 24.6. The van der Waals surface area contributed by atoms with E-state index in [1.54, 1.807) is 42.5 Å². The first-order valence-corrected chi connectivity index (χ1v) is 8.56. The van der Waals surface area contributed by atoms with E-state index in [4.69, 9.17) is 4.42 Å². The van der Waals surface area contributed by atoms with Crippen LogP contribution in [0, 0.1) is 5.82 Å². The summed E-state index contributed by atoms with van der Waals surface area (Å²) in [5, 5.41) is 5.66. The van der Waals surface area contributed by atoms with Gasteiger partial charge in [-0.15, -0.1) is 0 Å². The van der Waals surface area contributed by atoms with Crippen molar-refractivity contribution in [3.8, 4) is 11.3 Å². The van der Waals surface area contributed by atoms with Gasteiger partial charge in [0.2, 0.25) is 0 Å². The number of urea groups is 1. The van der Waals surface area contributed by atoms with Crippen LogP contribution in [-0.4, -0.2) is 6.03 Å². The van der Waals surface area contributed by atoms with Crippen LogP contribution >= 0.6 is 0 Å². The van der Waals surface area contributed by atoms with E-state index in [0.717, 1.165) is 0 Å². The zero-order valence-electron chi connectivity index (χ0n) is 14.6. The summed E-state index contributed by atoms with van der Waals surface area (Å²) in [6.45, 7) is 0. The number of fused-ring (bicyclic) bond motifs is 1. The number of halogens is 1. The predicted molar refractivity (Wildman–Crippen MR) is 107 cm³/mol. The van der Waals surface area contributed by atoms with Crippen molar-refractivity contribution in [2.24, 2.45) is 0 Å². The first-order valence-electron chi connectivity index (χ1n) is 8.56. The lowest BCUT2D eigenvalue weighted by Gasteiger charge is -2.09. The maximum atomic E-state index is 14.0. The van der Waals surface area contributed by atoms with E-state index in [9.17, 15) is 14.0 Å². The second-order valence-corrected chi connectivity index (χ2v) is 6.11. The fraction of sp³-hybridized carbons (Fsp3) is 0. The first kappa shape index (κ1) is 17.5. The minimum absolute atomic E-state index is 0.151. The molecule has 0 unspecified atom stereocenters. The average molecular weight is 374 g/mol. The molecular formula is C22H15FN2O3. The fourth-order valence-corrected chi connectivity index (χ4v) is 2.84. The molecule has 0 saturated heterocycles. The van der Waals surface area contributed by atoms with Crippen molar-refractivity contribution in [2.45, 2.75) is 0 Å². The molecule has 0 saturated carbocycles. The predicted octanol–water partition coefficient (Wildman–Crippen LogP) is 5.24. The molecule has 4 aromatic rings. The van der Waals surface area contributed by atoms with Crippen molar-refractivity contribution in [2.75, 3.05) is 10.6 Å². The second kappa shape index (κ2) is 7.36. The minimum atomic E-state index is -0.471. The van der Waals surface area contributed by atoms with Crippen LogP contribution < -0.4 is 16.1 Å². The fourth-order valence-electron chi connectivity index (χ4n) is 2.84. The van der Waals surface area contributed by atoms with Gasteiger partial charge >= 0.3 is 6.03 Å². The van der Waals surface area contributed by atoms with Gasteiger partial charge < -0.3 is 15.1 Å². The molecule has 138 valence electrons. The topological polar surface area (TPSA) is 71.3 Å². The van der Waals surface area contributed by atoms with Crippen molar-refractivity contribution in [3.63, 3.8) is 0 Å². The van der Waals surface area contributed by atoms with Crippen molar-refractivity contribution < 1.29 is 13.6 Å². The van der Waals surface area contributed by atoms with E-state index >= 15 is 0 Å². The number of rotatable bonds is 3. The molecule has 5 nitrogen and oxygen atoms in total. The summed E-state index contributed by atoms with van der Waals surface area (Å²) < 4.78 is 19.7. The van der Waals surface area contributed by atoms with Gasteiger partial charge in [-0.25, -0.2) is 9.18 Å². The average Bonchev–Trinajstić information content (AvgIpc) is 2.69. The van der Waals surface area contributed by atoms with Crippen LogP contribution in [0.15, 0.2) is 88.1 Å². The summed E-state index contributed by atoms with van der Waals surface area (Å²) >= 11 is 0. The number of benzene rings is 3. The Morgan fingerprint density at radius 1 is 0.821 bits per heavy atom. The number of para-hydroxylation sites is 1. The molecule has 28 heavy (non-hydrogen) atoms. The zero-order valence-corrected chi connectivity index (χ0v) is 14.6. The summed E-state index contributed by atoms with van der Waals surface area (Å²) in [5.74, 6) is -0.320. The Balaban J connectivity index is 1.62. The molecule has 2 N–H and O–H groups in total. The van der Waals surface area contributed by atoms with Crippen LogP contribution in [0.25, 0.3) is 22.3 Å². The smallest absolute Gasteiger partial charge is 0.323 e. The number of carbonyl (C=O) groups excluding carboxylic acids is 1. The molecular weight excluding hydrogens is 359 g/mol. The van der Waals surface area contributed by atoms with E-state index < -0.39 is 11.8 Å². The molecule has 0 aliphatic heterocycles. The van der Waals surface area contributed by atoms with Gasteiger partial charge in [0.1, 0.15) is 17.2 Å². The molecule has 0 atom stereocenters. The van der Waals surface area contributed by atoms with Crippen LogP contribution in [0.2, 0.25) is 0 Å². The minimum Gasteiger partial charge on any atom is -0.456 e. The number of carbonyl (C=O) groups is 1. The molecule has 3 aromatic carbocycles. The van der Waals surface area contributed by atoms with E-state index in [2.05, 4.69) is 10.6 Å².